The lowest BCUT2D eigenvalue weighted by atomic mass is 10.0. The van der Waals surface area contributed by atoms with Gasteiger partial charge in [0.25, 0.3) is 0 Å². The number of carbonyl (C=O) groups is 1. The van der Waals surface area contributed by atoms with E-state index in [4.69, 9.17) is 5.21 Å². The summed E-state index contributed by atoms with van der Waals surface area (Å²) in [5.41, 5.74) is 2.22. The van der Waals surface area contributed by atoms with E-state index in [1.165, 1.54) is 28.6 Å². The minimum atomic E-state index is -3.98. The summed E-state index contributed by atoms with van der Waals surface area (Å²) in [6.07, 6.45) is 2.94. The highest BCUT2D eigenvalue weighted by molar-refractivity contribution is 7.89. The number of rotatable bonds is 8. The van der Waals surface area contributed by atoms with Gasteiger partial charge in [0, 0.05) is 31.4 Å². The van der Waals surface area contributed by atoms with Gasteiger partial charge in [-0.1, -0.05) is 19.9 Å². The number of pyridine rings is 1. The highest BCUT2D eigenvalue weighted by Crippen LogP contribution is 2.27. The van der Waals surface area contributed by atoms with Gasteiger partial charge in [-0.3, -0.25) is 15.0 Å². The van der Waals surface area contributed by atoms with E-state index in [-0.39, 0.29) is 29.5 Å². The molecule has 0 aliphatic rings. The van der Waals surface area contributed by atoms with Crippen LogP contribution in [0.2, 0.25) is 0 Å². The van der Waals surface area contributed by atoms with Crippen LogP contribution in [0.15, 0.2) is 53.7 Å². The first-order chi connectivity index (χ1) is 12.8. The van der Waals surface area contributed by atoms with Crippen LogP contribution >= 0.6 is 0 Å². The number of hydrogen-bond donors (Lipinski definition) is 3. The Labute approximate surface area is 158 Å². The summed E-state index contributed by atoms with van der Waals surface area (Å²) < 4.78 is 27.8. The molecule has 146 valence electrons. The van der Waals surface area contributed by atoms with E-state index < -0.39 is 22.0 Å². The summed E-state index contributed by atoms with van der Waals surface area (Å²) in [5.74, 6) is -0.926. The van der Waals surface area contributed by atoms with E-state index in [0.717, 1.165) is 0 Å². The van der Waals surface area contributed by atoms with Crippen molar-refractivity contribution in [2.24, 2.45) is 5.92 Å². The lowest BCUT2D eigenvalue weighted by Gasteiger charge is -2.33. The predicted octanol–water partition coefficient (Wildman–Crippen LogP) is 1.90. The van der Waals surface area contributed by atoms with Crippen LogP contribution in [0.1, 0.15) is 25.8 Å². The third kappa shape index (κ3) is 5.25. The van der Waals surface area contributed by atoms with Gasteiger partial charge in [-0.15, -0.1) is 0 Å². The molecule has 0 saturated heterocycles. The Bertz CT molecular complexity index is 854. The highest BCUT2D eigenvalue weighted by Gasteiger charge is 2.34. The lowest BCUT2D eigenvalue weighted by Crippen LogP contribution is -2.45. The molecule has 2 rings (SSSR count). The molecule has 1 aromatic heterocycles. The van der Waals surface area contributed by atoms with E-state index >= 15 is 0 Å². The molecule has 3 N–H and O–H groups in total. The van der Waals surface area contributed by atoms with Crippen molar-refractivity contribution in [2.45, 2.75) is 37.8 Å². The number of phenols is 1. The van der Waals surface area contributed by atoms with Crippen LogP contribution in [0.5, 0.6) is 5.75 Å². The van der Waals surface area contributed by atoms with Gasteiger partial charge < -0.3 is 5.11 Å². The third-order valence-electron chi connectivity index (χ3n) is 4.16. The average molecular weight is 393 g/mol. The fourth-order valence-electron chi connectivity index (χ4n) is 2.71. The van der Waals surface area contributed by atoms with Gasteiger partial charge in [0.2, 0.25) is 15.9 Å². The molecule has 0 fully saturated rings. The van der Waals surface area contributed by atoms with Gasteiger partial charge in [-0.25, -0.2) is 13.9 Å². The fraction of sp³-hybridized carbons (Fsp3) is 0.333. The molecule has 2 aromatic rings. The molecule has 1 aromatic carbocycles. The Hall–Kier alpha value is -2.49. The van der Waals surface area contributed by atoms with Crippen LogP contribution in [-0.2, 0) is 21.4 Å². The third-order valence-corrected chi connectivity index (χ3v) is 6.05. The highest BCUT2D eigenvalue weighted by atomic mass is 32.2. The largest absolute Gasteiger partial charge is 0.508 e. The molecule has 0 saturated carbocycles. The van der Waals surface area contributed by atoms with Crippen molar-refractivity contribution >= 4 is 15.9 Å². The molecule has 9 heteroatoms. The van der Waals surface area contributed by atoms with Gasteiger partial charge in [-0.05, 0) is 41.8 Å². The van der Waals surface area contributed by atoms with Crippen molar-refractivity contribution in [1.82, 2.24) is 14.8 Å². The van der Waals surface area contributed by atoms with E-state index in [1.807, 2.05) is 0 Å². The van der Waals surface area contributed by atoms with E-state index in [1.54, 1.807) is 43.9 Å². The maximum absolute atomic E-state index is 13.3. The predicted molar refractivity (Wildman–Crippen MR) is 98.2 cm³/mol. The molecule has 1 heterocycles. The van der Waals surface area contributed by atoms with Gasteiger partial charge in [0.1, 0.15) is 5.75 Å². The Kier molecular flexibility index (Phi) is 6.89. The van der Waals surface area contributed by atoms with Gasteiger partial charge in [-0.2, -0.15) is 4.31 Å². The van der Waals surface area contributed by atoms with E-state index in [9.17, 15) is 18.3 Å². The number of nitrogens with zero attached hydrogens (tertiary/aromatic N) is 2. The molecule has 1 amide bonds. The quantitative estimate of drug-likeness (QED) is 0.465. The second-order valence-corrected chi connectivity index (χ2v) is 8.35. The molecule has 0 unspecified atom stereocenters. The van der Waals surface area contributed by atoms with Crippen molar-refractivity contribution in [3.8, 4) is 5.75 Å². The lowest BCUT2D eigenvalue weighted by molar-refractivity contribution is -0.130. The minimum Gasteiger partial charge on any atom is -0.508 e. The van der Waals surface area contributed by atoms with Crippen molar-refractivity contribution in [3.05, 3.63) is 54.4 Å². The summed E-state index contributed by atoms with van der Waals surface area (Å²) in [5, 5.41) is 18.3. The number of sulfonamides is 1. The van der Waals surface area contributed by atoms with Gasteiger partial charge in [0.15, 0.2) is 0 Å². The van der Waals surface area contributed by atoms with Crippen LogP contribution in [0.25, 0.3) is 0 Å². The number of benzene rings is 1. The zero-order chi connectivity index (χ0) is 20.0. The second-order valence-electron chi connectivity index (χ2n) is 6.46. The molecular weight excluding hydrogens is 370 g/mol. The number of phenolic OH excluding ortho intramolecular Hbond substituents is 1. The first-order valence-corrected chi connectivity index (χ1v) is 9.82. The van der Waals surface area contributed by atoms with Gasteiger partial charge in [0.05, 0.1) is 4.90 Å². The molecule has 0 radical (unpaired) electrons. The maximum atomic E-state index is 13.3. The first kappa shape index (κ1) is 20.8. The normalized spacial score (nSPS) is 12.9. The standard InChI is InChI=1S/C18H23N3O5S/c1-13(2)17(10-18(23)20-24)21(12-14-4-3-9-19-11-14)27(25,26)16-7-5-15(22)6-8-16/h3-9,11,13,17,22,24H,10,12H2,1-2H3,(H,20,23)/t17-/m1/s1. The number of aromatic hydroxyl groups is 1. The zero-order valence-electron chi connectivity index (χ0n) is 15.1. The first-order valence-electron chi connectivity index (χ1n) is 8.38. The van der Waals surface area contributed by atoms with Crippen LogP contribution in [0.4, 0.5) is 0 Å². The Balaban J connectivity index is 2.50. The van der Waals surface area contributed by atoms with Crippen LogP contribution in [-0.4, -0.2) is 40.0 Å². The van der Waals surface area contributed by atoms with Crippen molar-refractivity contribution in [2.75, 3.05) is 0 Å². The maximum Gasteiger partial charge on any atom is 0.244 e. The number of amides is 1. The van der Waals surface area contributed by atoms with Crippen molar-refractivity contribution < 1.29 is 23.5 Å². The summed E-state index contributed by atoms with van der Waals surface area (Å²) in [4.78, 5) is 15.8. The molecule has 0 spiro atoms. The van der Waals surface area contributed by atoms with E-state index in [0.29, 0.717) is 5.56 Å². The SMILES string of the molecule is CC(C)[C@@H](CC(=O)NO)N(Cc1cccnc1)S(=O)(=O)c1ccc(O)cc1. The molecule has 0 aliphatic heterocycles. The average Bonchev–Trinajstić information content (AvgIpc) is 2.65. The molecule has 0 bridgehead atoms. The molecular formula is C18H23N3O5S. The Morgan fingerprint density at radius 1 is 1.22 bits per heavy atom. The van der Waals surface area contributed by atoms with Crippen molar-refractivity contribution in [3.63, 3.8) is 0 Å². The summed E-state index contributed by atoms with van der Waals surface area (Å²) in [7, 11) is -3.98. The molecule has 1 atom stereocenters. The number of hydroxylamine groups is 1. The Morgan fingerprint density at radius 3 is 2.41 bits per heavy atom. The minimum absolute atomic E-state index is 0.000697. The topological polar surface area (TPSA) is 120 Å². The monoisotopic (exact) mass is 393 g/mol. The molecule has 27 heavy (non-hydrogen) atoms. The van der Waals surface area contributed by atoms with E-state index in [2.05, 4.69) is 4.98 Å². The number of hydrogen-bond acceptors (Lipinski definition) is 6. The fourth-order valence-corrected chi connectivity index (χ4v) is 4.46. The molecule has 0 aliphatic carbocycles. The van der Waals surface area contributed by atoms with Gasteiger partial charge >= 0.3 is 0 Å². The Morgan fingerprint density at radius 2 is 1.89 bits per heavy atom. The number of carbonyl (C=O) groups excluding carboxylic acids is 1. The smallest absolute Gasteiger partial charge is 0.244 e. The molecule has 8 nitrogen and oxygen atoms in total. The summed E-state index contributed by atoms with van der Waals surface area (Å²) >= 11 is 0. The van der Waals surface area contributed by atoms with Crippen LogP contribution < -0.4 is 5.48 Å². The zero-order valence-corrected chi connectivity index (χ0v) is 15.9. The summed E-state index contributed by atoms with van der Waals surface area (Å²) in [6.45, 7) is 3.62. The summed E-state index contributed by atoms with van der Waals surface area (Å²) in [6, 6.07) is 7.95. The van der Waals surface area contributed by atoms with Crippen LogP contribution in [0, 0.1) is 5.92 Å². The number of nitrogens with one attached hydrogen (secondary N) is 1. The number of aromatic nitrogens is 1. The second kappa shape index (κ2) is 8.94. The van der Waals surface area contributed by atoms with Crippen molar-refractivity contribution in [1.29, 1.82) is 0 Å². The van der Waals surface area contributed by atoms with Crippen LogP contribution in [0.3, 0.4) is 0 Å².